The minimum Gasteiger partial charge on any atom is -0.0958 e. The summed E-state index contributed by atoms with van der Waals surface area (Å²) >= 11 is 0. The molecule has 0 unspecified atom stereocenters. The molecule has 0 N–H and O–H groups in total. The molecule has 0 heteroatoms. The molecule has 0 aliphatic heterocycles. The summed E-state index contributed by atoms with van der Waals surface area (Å²) in [5.41, 5.74) is 4.96. The standard InChI is InChI=1S/C13H16/c1-10(2)12(4)9-13-8-6-5-7-11(13)3/h5-9H,1H2,2-4H3/b12-9-. The van der Waals surface area contributed by atoms with Crippen LogP contribution in [-0.4, -0.2) is 0 Å². The van der Waals surface area contributed by atoms with Gasteiger partial charge in [0.1, 0.15) is 0 Å². The molecule has 0 nitrogen and oxygen atoms in total. The maximum Gasteiger partial charge on any atom is -0.0225 e. The van der Waals surface area contributed by atoms with E-state index in [1.165, 1.54) is 16.7 Å². The summed E-state index contributed by atoms with van der Waals surface area (Å²) in [5, 5.41) is 0. The summed E-state index contributed by atoms with van der Waals surface area (Å²) in [4.78, 5) is 0. The van der Waals surface area contributed by atoms with Gasteiger partial charge in [0.25, 0.3) is 0 Å². The lowest BCUT2D eigenvalue weighted by Crippen LogP contribution is -1.82. The van der Waals surface area contributed by atoms with Crippen molar-refractivity contribution < 1.29 is 0 Å². The topological polar surface area (TPSA) is 0 Å². The minimum absolute atomic E-state index is 1.13. The molecule has 0 amide bonds. The number of aryl methyl sites for hydroxylation is 1. The van der Waals surface area contributed by atoms with Gasteiger partial charge in [0.05, 0.1) is 0 Å². The summed E-state index contributed by atoms with van der Waals surface area (Å²) in [5.74, 6) is 0. The van der Waals surface area contributed by atoms with Crippen molar-refractivity contribution in [1.82, 2.24) is 0 Å². The number of rotatable bonds is 2. The number of hydrogen-bond acceptors (Lipinski definition) is 0. The molecule has 0 bridgehead atoms. The van der Waals surface area contributed by atoms with Gasteiger partial charge in [-0.25, -0.2) is 0 Å². The molecule has 68 valence electrons. The molecule has 0 aromatic heterocycles. The van der Waals surface area contributed by atoms with Crippen LogP contribution in [0.5, 0.6) is 0 Å². The van der Waals surface area contributed by atoms with Gasteiger partial charge in [0.15, 0.2) is 0 Å². The van der Waals surface area contributed by atoms with Gasteiger partial charge in [-0.2, -0.15) is 0 Å². The van der Waals surface area contributed by atoms with E-state index in [2.05, 4.69) is 50.8 Å². The molecule has 0 fully saturated rings. The van der Waals surface area contributed by atoms with Gasteiger partial charge in [-0.1, -0.05) is 42.5 Å². The second-order valence-electron chi connectivity index (χ2n) is 3.46. The second kappa shape index (κ2) is 4.08. The third-order valence-corrected chi connectivity index (χ3v) is 2.23. The Balaban J connectivity index is 3.04. The van der Waals surface area contributed by atoms with Crippen LogP contribution in [0, 0.1) is 6.92 Å². The van der Waals surface area contributed by atoms with E-state index in [9.17, 15) is 0 Å². The number of hydrogen-bond donors (Lipinski definition) is 0. The Bertz CT molecular complexity index is 343. The summed E-state index contributed by atoms with van der Waals surface area (Å²) < 4.78 is 0. The van der Waals surface area contributed by atoms with E-state index in [4.69, 9.17) is 0 Å². The van der Waals surface area contributed by atoms with Crippen molar-refractivity contribution in [2.24, 2.45) is 0 Å². The third-order valence-electron chi connectivity index (χ3n) is 2.23. The molecule has 0 saturated carbocycles. The zero-order valence-electron chi connectivity index (χ0n) is 8.59. The van der Waals surface area contributed by atoms with Gasteiger partial charge in [-0.3, -0.25) is 0 Å². The van der Waals surface area contributed by atoms with E-state index < -0.39 is 0 Å². The molecule has 1 rings (SSSR count). The van der Waals surface area contributed by atoms with Crippen LogP contribution < -0.4 is 0 Å². The molecule has 0 aliphatic carbocycles. The van der Waals surface area contributed by atoms with Gasteiger partial charge in [-0.15, -0.1) is 0 Å². The molecule has 13 heavy (non-hydrogen) atoms. The van der Waals surface area contributed by atoms with Gasteiger partial charge in [0, 0.05) is 0 Å². The van der Waals surface area contributed by atoms with Crippen LogP contribution in [0.4, 0.5) is 0 Å². The van der Waals surface area contributed by atoms with Crippen molar-refractivity contribution in [1.29, 1.82) is 0 Å². The minimum atomic E-state index is 1.13. The highest BCUT2D eigenvalue weighted by atomic mass is 14.0. The Morgan fingerprint density at radius 1 is 1.23 bits per heavy atom. The van der Waals surface area contributed by atoms with Crippen LogP contribution >= 0.6 is 0 Å². The number of allylic oxidation sites excluding steroid dienone is 2. The fourth-order valence-corrected chi connectivity index (χ4v) is 1.11. The molecule has 0 heterocycles. The summed E-state index contributed by atoms with van der Waals surface area (Å²) in [6.07, 6.45) is 2.18. The fourth-order valence-electron chi connectivity index (χ4n) is 1.11. The van der Waals surface area contributed by atoms with E-state index in [1.807, 2.05) is 6.92 Å². The maximum absolute atomic E-state index is 3.91. The quantitative estimate of drug-likeness (QED) is 0.592. The molecule has 0 atom stereocenters. The first-order chi connectivity index (χ1) is 6.11. The monoisotopic (exact) mass is 172 g/mol. The molecule has 0 saturated heterocycles. The van der Waals surface area contributed by atoms with Crippen LogP contribution in [0.2, 0.25) is 0 Å². The van der Waals surface area contributed by atoms with Gasteiger partial charge >= 0.3 is 0 Å². The molecule has 0 spiro atoms. The lowest BCUT2D eigenvalue weighted by Gasteiger charge is -2.02. The summed E-state index contributed by atoms with van der Waals surface area (Å²) in [6, 6.07) is 8.37. The normalized spacial score (nSPS) is 11.5. The second-order valence-corrected chi connectivity index (χ2v) is 3.46. The van der Waals surface area contributed by atoms with E-state index in [0.29, 0.717) is 0 Å². The molecular formula is C13H16. The molecule has 0 aliphatic rings. The molecule has 1 aromatic rings. The Hall–Kier alpha value is -1.30. The Kier molecular flexibility index (Phi) is 3.07. The third kappa shape index (κ3) is 2.59. The average Bonchev–Trinajstić information content (AvgIpc) is 2.08. The maximum atomic E-state index is 3.91. The lowest BCUT2D eigenvalue weighted by molar-refractivity contribution is 1.37. The fraction of sp³-hybridized carbons (Fsp3) is 0.231. The average molecular weight is 172 g/mol. The van der Waals surface area contributed by atoms with Crippen molar-refractivity contribution in [3.8, 4) is 0 Å². The van der Waals surface area contributed by atoms with E-state index >= 15 is 0 Å². The predicted molar refractivity (Wildman–Crippen MR) is 59.6 cm³/mol. The van der Waals surface area contributed by atoms with Gasteiger partial charge in [-0.05, 0) is 37.5 Å². The SMILES string of the molecule is C=C(C)/C(C)=C\c1ccccc1C. The van der Waals surface area contributed by atoms with Crippen LogP contribution in [-0.2, 0) is 0 Å². The van der Waals surface area contributed by atoms with Crippen molar-refractivity contribution in [3.05, 3.63) is 53.1 Å². The van der Waals surface area contributed by atoms with E-state index in [1.54, 1.807) is 0 Å². The van der Waals surface area contributed by atoms with Crippen molar-refractivity contribution in [2.45, 2.75) is 20.8 Å². The van der Waals surface area contributed by atoms with Crippen molar-refractivity contribution >= 4 is 6.08 Å². The molecular weight excluding hydrogens is 156 g/mol. The molecule has 1 aromatic carbocycles. The largest absolute Gasteiger partial charge is 0.0958 e. The predicted octanol–water partition coefficient (Wildman–Crippen LogP) is 3.97. The highest BCUT2D eigenvalue weighted by Gasteiger charge is 1.94. The smallest absolute Gasteiger partial charge is 0.0225 e. The first-order valence-electron chi connectivity index (χ1n) is 4.51. The highest BCUT2D eigenvalue weighted by Crippen LogP contribution is 2.15. The van der Waals surface area contributed by atoms with Gasteiger partial charge in [0.2, 0.25) is 0 Å². The Morgan fingerprint density at radius 3 is 2.38 bits per heavy atom. The van der Waals surface area contributed by atoms with E-state index in [-0.39, 0.29) is 0 Å². The Labute approximate surface area is 80.6 Å². The lowest BCUT2D eigenvalue weighted by atomic mass is 10.0. The summed E-state index contributed by atoms with van der Waals surface area (Å²) in [7, 11) is 0. The molecule has 0 radical (unpaired) electrons. The number of benzene rings is 1. The highest BCUT2D eigenvalue weighted by molar-refractivity contribution is 5.59. The van der Waals surface area contributed by atoms with Crippen LogP contribution in [0.1, 0.15) is 25.0 Å². The van der Waals surface area contributed by atoms with Crippen LogP contribution in [0.3, 0.4) is 0 Å². The van der Waals surface area contributed by atoms with Crippen LogP contribution in [0.15, 0.2) is 42.0 Å². The van der Waals surface area contributed by atoms with Gasteiger partial charge < -0.3 is 0 Å². The van der Waals surface area contributed by atoms with E-state index in [0.717, 1.165) is 5.57 Å². The Morgan fingerprint density at radius 2 is 1.85 bits per heavy atom. The zero-order chi connectivity index (χ0) is 9.84. The first-order valence-corrected chi connectivity index (χ1v) is 4.51. The summed E-state index contributed by atoms with van der Waals surface area (Å²) in [6.45, 7) is 10.2. The van der Waals surface area contributed by atoms with Crippen LogP contribution in [0.25, 0.3) is 6.08 Å². The van der Waals surface area contributed by atoms with Crippen molar-refractivity contribution in [2.75, 3.05) is 0 Å². The zero-order valence-corrected chi connectivity index (χ0v) is 8.59. The van der Waals surface area contributed by atoms with Crippen molar-refractivity contribution in [3.63, 3.8) is 0 Å². The first kappa shape index (κ1) is 9.79.